The van der Waals surface area contributed by atoms with Gasteiger partial charge in [-0.3, -0.25) is 9.69 Å². The number of pyridine rings is 1. The molecule has 0 N–H and O–H groups in total. The molecule has 1 unspecified atom stereocenters. The first-order valence-corrected chi connectivity index (χ1v) is 11.2. The van der Waals surface area contributed by atoms with E-state index in [0.29, 0.717) is 16.0 Å². The largest absolute Gasteiger partial charge is 0.497 e. The molecular formula is C21H16ClN3O2S2. The number of amides is 1. The zero-order valence-electron chi connectivity index (χ0n) is 15.7. The number of aromatic nitrogens is 2. The number of fused-ring (bicyclic) bond motifs is 2. The molecule has 4 aromatic rings. The molecule has 8 heteroatoms. The van der Waals surface area contributed by atoms with Gasteiger partial charge in [-0.1, -0.05) is 29.0 Å². The Morgan fingerprint density at radius 1 is 1.14 bits per heavy atom. The number of anilines is 1. The van der Waals surface area contributed by atoms with Crippen LogP contribution in [0.5, 0.6) is 5.75 Å². The van der Waals surface area contributed by atoms with Crippen molar-refractivity contribution < 1.29 is 9.53 Å². The molecule has 146 valence electrons. The summed E-state index contributed by atoms with van der Waals surface area (Å²) < 4.78 is 6.40. The lowest BCUT2D eigenvalue weighted by Crippen LogP contribution is -2.27. The van der Waals surface area contributed by atoms with Crippen LogP contribution in [0, 0.1) is 6.92 Å². The normalized spacial score (nSPS) is 16.9. The molecule has 3 heterocycles. The predicted octanol–water partition coefficient (Wildman–Crippen LogP) is 5.59. The van der Waals surface area contributed by atoms with Crippen LogP contribution in [0.25, 0.3) is 21.1 Å². The van der Waals surface area contributed by atoms with Crippen molar-refractivity contribution in [3.05, 3.63) is 58.7 Å². The van der Waals surface area contributed by atoms with Crippen LogP contribution < -0.4 is 9.64 Å². The minimum atomic E-state index is -0.264. The number of hydrogen-bond donors (Lipinski definition) is 0. The van der Waals surface area contributed by atoms with Gasteiger partial charge in [0.05, 0.1) is 28.6 Å². The number of aryl methyl sites for hydroxylation is 1. The van der Waals surface area contributed by atoms with Gasteiger partial charge >= 0.3 is 0 Å². The molecule has 1 aliphatic rings. The van der Waals surface area contributed by atoms with Crippen LogP contribution >= 0.6 is 34.7 Å². The Labute approximate surface area is 180 Å². The summed E-state index contributed by atoms with van der Waals surface area (Å²) in [6, 6.07) is 13.8. The van der Waals surface area contributed by atoms with Gasteiger partial charge in [0.2, 0.25) is 5.91 Å². The van der Waals surface area contributed by atoms with Crippen LogP contribution in [0.1, 0.15) is 16.5 Å². The number of ether oxygens (including phenoxy) is 1. The van der Waals surface area contributed by atoms with Gasteiger partial charge in [0.1, 0.15) is 16.3 Å². The smallest absolute Gasteiger partial charge is 0.240 e. The topological polar surface area (TPSA) is 55.3 Å². The Morgan fingerprint density at radius 3 is 2.79 bits per heavy atom. The fourth-order valence-electron chi connectivity index (χ4n) is 3.43. The van der Waals surface area contributed by atoms with E-state index in [0.717, 1.165) is 32.4 Å². The molecule has 1 atom stereocenters. The third kappa shape index (κ3) is 3.23. The summed E-state index contributed by atoms with van der Waals surface area (Å²) in [5.74, 6) is 1.16. The van der Waals surface area contributed by atoms with Crippen LogP contribution in [0.4, 0.5) is 5.13 Å². The van der Waals surface area contributed by atoms with Crippen molar-refractivity contribution in [2.24, 2.45) is 0 Å². The average Bonchev–Trinajstić information content (AvgIpc) is 3.29. The van der Waals surface area contributed by atoms with Gasteiger partial charge in [0.15, 0.2) is 5.13 Å². The molecule has 1 saturated heterocycles. The number of carbonyl (C=O) groups excluding carboxylic acids is 1. The summed E-state index contributed by atoms with van der Waals surface area (Å²) in [5.41, 5.74) is 3.66. The second-order valence-electron chi connectivity index (χ2n) is 6.82. The van der Waals surface area contributed by atoms with Crippen LogP contribution in [0.15, 0.2) is 42.5 Å². The molecule has 0 saturated carbocycles. The van der Waals surface area contributed by atoms with E-state index < -0.39 is 0 Å². The summed E-state index contributed by atoms with van der Waals surface area (Å²) in [5, 5.41) is 1.74. The Morgan fingerprint density at radius 2 is 1.97 bits per heavy atom. The average molecular weight is 442 g/mol. The van der Waals surface area contributed by atoms with Crippen molar-refractivity contribution in [2.45, 2.75) is 12.3 Å². The second kappa shape index (κ2) is 7.16. The molecule has 1 fully saturated rings. The lowest BCUT2D eigenvalue weighted by atomic mass is 10.1. The maximum absolute atomic E-state index is 12.8. The standard InChI is InChI=1S/C21H16ClN3O2S2/c1-11-3-5-16-17(7-11)29-21(24-16)25-18(26)10-28-20(25)14-9-12-8-13(27-2)4-6-15(12)23-19(14)22/h3-9,20H,10H2,1-2H3. The Hall–Kier alpha value is -2.35. The van der Waals surface area contributed by atoms with E-state index in [9.17, 15) is 4.79 Å². The first-order valence-electron chi connectivity index (χ1n) is 8.98. The van der Waals surface area contributed by atoms with Crippen molar-refractivity contribution >= 4 is 66.9 Å². The van der Waals surface area contributed by atoms with E-state index in [1.54, 1.807) is 12.0 Å². The molecule has 0 spiro atoms. The van der Waals surface area contributed by atoms with Crippen LogP contribution in [-0.2, 0) is 4.79 Å². The summed E-state index contributed by atoms with van der Waals surface area (Å²) in [6.45, 7) is 2.05. The maximum Gasteiger partial charge on any atom is 0.240 e. The summed E-state index contributed by atoms with van der Waals surface area (Å²) in [7, 11) is 1.63. The van der Waals surface area contributed by atoms with E-state index in [2.05, 4.69) is 11.1 Å². The molecule has 2 aromatic carbocycles. The maximum atomic E-state index is 12.8. The Kier molecular flexibility index (Phi) is 4.61. The minimum absolute atomic E-state index is 0.0255. The minimum Gasteiger partial charge on any atom is -0.497 e. The number of hydrogen-bond acceptors (Lipinski definition) is 6. The second-order valence-corrected chi connectivity index (χ2v) is 9.26. The van der Waals surface area contributed by atoms with Crippen molar-refractivity contribution in [2.75, 3.05) is 17.8 Å². The molecule has 5 rings (SSSR count). The number of methoxy groups -OCH3 is 1. The van der Waals surface area contributed by atoms with Gasteiger partial charge in [-0.15, -0.1) is 11.8 Å². The quantitative estimate of drug-likeness (QED) is 0.388. The predicted molar refractivity (Wildman–Crippen MR) is 120 cm³/mol. The Bertz CT molecular complexity index is 1270. The molecule has 29 heavy (non-hydrogen) atoms. The molecule has 1 amide bonds. The third-order valence-corrected chi connectivity index (χ3v) is 7.39. The lowest BCUT2D eigenvalue weighted by Gasteiger charge is -2.22. The third-order valence-electron chi connectivity index (χ3n) is 4.88. The SMILES string of the molecule is COc1ccc2nc(Cl)c(C3SCC(=O)N3c3nc4ccc(C)cc4s3)cc2c1. The first-order chi connectivity index (χ1) is 14.0. The van der Waals surface area contributed by atoms with Crippen molar-refractivity contribution in [1.29, 1.82) is 0 Å². The van der Waals surface area contributed by atoms with Gasteiger partial charge in [0, 0.05) is 10.9 Å². The zero-order valence-corrected chi connectivity index (χ0v) is 18.1. The van der Waals surface area contributed by atoms with Crippen molar-refractivity contribution in [1.82, 2.24) is 9.97 Å². The number of thiazole rings is 1. The molecule has 5 nitrogen and oxygen atoms in total. The summed E-state index contributed by atoms with van der Waals surface area (Å²) in [4.78, 5) is 23.8. The van der Waals surface area contributed by atoms with E-state index in [4.69, 9.17) is 21.3 Å². The highest BCUT2D eigenvalue weighted by molar-refractivity contribution is 8.00. The number of thioether (sulfide) groups is 1. The number of rotatable bonds is 3. The molecule has 2 aromatic heterocycles. The highest BCUT2D eigenvalue weighted by atomic mass is 35.5. The van der Waals surface area contributed by atoms with Crippen molar-refractivity contribution in [3.63, 3.8) is 0 Å². The van der Waals surface area contributed by atoms with Crippen LogP contribution in [-0.4, -0.2) is 28.7 Å². The number of halogens is 1. The van der Waals surface area contributed by atoms with E-state index in [1.165, 1.54) is 28.7 Å². The number of nitrogens with zero attached hydrogens (tertiary/aromatic N) is 3. The first kappa shape index (κ1) is 18.7. The van der Waals surface area contributed by atoms with E-state index >= 15 is 0 Å². The van der Waals surface area contributed by atoms with Crippen LogP contribution in [0.3, 0.4) is 0 Å². The molecule has 0 aliphatic carbocycles. The fraction of sp³-hybridized carbons (Fsp3) is 0.190. The zero-order chi connectivity index (χ0) is 20.1. The molecular weight excluding hydrogens is 426 g/mol. The highest BCUT2D eigenvalue weighted by Crippen LogP contribution is 2.46. The van der Waals surface area contributed by atoms with Crippen LogP contribution in [0.2, 0.25) is 5.15 Å². The fourth-order valence-corrected chi connectivity index (χ4v) is 6.09. The number of benzene rings is 2. The van der Waals surface area contributed by atoms with Gasteiger partial charge in [0.25, 0.3) is 0 Å². The van der Waals surface area contributed by atoms with Gasteiger partial charge < -0.3 is 4.74 Å². The van der Waals surface area contributed by atoms with Gasteiger partial charge in [-0.2, -0.15) is 0 Å². The highest BCUT2D eigenvalue weighted by Gasteiger charge is 2.37. The van der Waals surface area contributed by atoms with E-state index in [1.807, 2.05) is 43.3 Å². The number of carbonyl (C=O) groups is 1. The lowest BCUT2D eigenvalue weighted by molar-refractivity contribution is -0.115. The summed E-state index contributed by atoms with van der Waals surface area (Å²) in [6.07, 6.45) is 0. The van der Waals surface area contributed by atoms with Gasteiger partial charge in [-0.25, -0.2) is 9.97 Å². The monoisotopic (exact) mass is 441 g/mol. The summed E-state index contributed by atoms with van der Waals surface area (Å²) >= 11 is 9.61. The van der Waals surface area contributed by atoms with Crippen molar-refractivity contribution in [3.8, 4) is 5.75 Å². The molecule has 0 radical (unpaired) electrons. The van der Waals surface area contributed by atoms with E-state index in [-0.39, 0.29) is 11.3 Å². The Balaban J connectivity index is 1.61. The van der Waals surface area contributed by atoms with Gasteiger partial charge in [-0.05, 0) is 48.9 Å². The molecule has 1 aliphatic heterocycles. The molecule has 0 bridgehead atoms.